The highest BCUT2D eigenvalue weighted by Gasteiger charge is 2.16. The van der Waals surface area contributed by atoms with E-state index in [9.17, 15) is 4.79 Å². The maximum Gasteiger partial charge on any atom is 0.251 e. The van der Waals surface area contributed by atoms with Crippen LogP contribution in [0.1, 0.15) is 21.7 Å². The van der Waals surface area contributed by atoms with Crippen LogP contribution in [-0.4, -0.2) is 41.1 Å². The molecule has 0 fully saturated rings. The van der Waals surface area contributed by atoms with E-state index < -0.39 is 0 Å². The van der Waals surface area contributed by atoms with Crippen LogP contribution < -0.4 is 14.8 Å². The molecular formula is C20H22N4O3S. The number of para-hydroxylation sites is 1. The molecule has 0 aliphatic rings. The van der Waals surface area contributed by atoms with Crippen LogP contribution in [0, 0.1) is 6.92 Å². The van der Waals surface area contributed by atoms with Crippen LogP contribution >= 0.6 is 11.8 Å². The van der Waals surface area contributed by atoms with E-state index in [0.29, 0.717) is 22.9 Å². The Hall–Kier alpha value is -3.00. The number of hydrogen-bond donors (Lipinski definition) is 1. The molecule has 0 aliphatic carbocycles. The summed E-state index contributed by atoms with van der Waals surface area (Å²) in [6, 6.07) is 13.0. The van der Waals surface area contributed by atoms with Gasteiger partial charge in [-0.3, -0.25) is 9.36 Å². The molecule has 8 heteroatoms. The van der Waals surface area contributed by atoms with Crippen LogP contribution in [0.15, 0.2) is 47.6 Å². The van der Waals surface area contributed by atoms with Crippen LogP contribution in [0.5, 0.6) is 11.5 Å². The van der Waals surface area contributed by atoms with E-state index in [-0.39, 0.29) is 12.5 Å². The SMILES string of the molecule is COc1cc(OC)cc(C(=O)NCc2nnc(SC)n2-c2ccccc2C)c1. The van der Waals surface area contributed by atoms with Crippen molar-refractivity contribution in [3.05, 3.63) is 59.4 Å². The van der Waals surface area contributed by atoms with Gasteiger partial charge < -0.3 is 14.8 Å². The van der Waals surface area contributed by atoms with Crippen LogP contribution in [0.25, 0.3) is 5.69 Å². The second kappa shape index (κ2) is 8.79. The first-order valence-electron chi connectivity index (χ1n) is 8.63. The van der Waals surface area contributed by atoms with Gasteiger partial charge in [0.05, 0.1) is 26.5 Å². The molecule has 0 aliphatic heterocycles. The van der Waals surface area contributed by atoms with Crippen LogP contribution in [0.4, 0.5) is 0 Å². The summed E-state index contributed by atoms with van der Waals surface area (Å²) in [5, 5.41) is 12.2. The lowest BCUT2D eigenvalue weighted by Crippen LogP contribution is -2.25. The number of methoxy groups -OCH3 is 2. The van der Waals surface area contributed by atoms with E-state index in [0.717, 1.165) is 16.4 Å². The lowest BCUT2D eigenvalue weighted by Gasteiger charge is -2.13. The molecule has 28 heavy (non-hydrogen) atoms. The molecule has 2 aromatic carbocycles. The minimum atomic E-state index is -0.248. The fourth-order valence-electron chi connectivity index (χ4n) is 2.80. The highest BCUT2D eigenvalue weighted by molar-refractivity contribution is 7.98. The summed E-state index contributed by atoms with van der Waals surface area (Å²) in [5.74, 6) is 1.51. The summed E-state index contributed by atoms with van der Waals surface area (Å²) in [6.45, 7) is 2.27. The Morgan fingerprint density at radius 3 is 2.39 bits per heavy atom. The van der Waals surface area contributed by atoms with Crippen LogP contribution in [0.2, 0.25) is 0 Å². The van der Waals surface area contributed by atoms with Gasteiger partial charge in [-0.1, -0.05) is 30.0 Å². The van der Waals surface area contributed by atoms with E-state index in [4.69, 9.17) is 9.47 Å². The van der Waals surface area contributed by atoms with Gasteiger partial charge in [0.25, 0.3) is 5.91 Å². The van der Waals surface area contributed by atoms with Crippen molar-refractivity contribution in [3.8, 4) is 17.2 Å². The Balaban J connectivity index is 1.85. The van der Waals surface area contributed by atoms with E-state index >= 15 is 0 Å². The number of amides is 1. The summed E-state index contributed by atoms with van der Waals surface area (Å²) in [4.78, 5) is 12.7. The molecule has 0 atom stereocenters. The third kappa shape index (κ3) is 4.12. The number of thioether (sulfide) groups is 1. The second-order valence-corrected chi connectivity index (χ2v) is 6.78. The first-order chi connectivity index (χ1) is 13.6. The molecule has 3 aromatic rings. The number of aromatic nitrogens is 3. The number of rotatable bonds is 7. The molecule has 1 N–H and O–H groups in total. The maximum atomic E-state index is 12.7. The van der Waals surface area contributed by atoms with E-state index in [1.165, 1.54) is 11.8 Å². The van der Waals surface area contributed by atoms with Crippen LogP contribution in [0.3, 0.4) is 0 Å². The van der Waals surface area contributed by atoms with E-state index in [1.807, 2.05) is 42.0 Å². The molecule has 7 nitrogen and oxygen atoms in total. The lowest BCUT2D eigenvalue weighted by molar-refractivity contribution is 0.0949. The summed E-state index contributed by atoms with van der Waals surface area (Å²) in [7, 11) is 3.09. The van der Waals surface area contributed by atoms with Crippen molar-refractivity contribution in [2.45, 2.75) is 18.6 Å². The topological polar surface area (TPSA) is 78.3 Å². The highest BCUT2D eigenvalue weighted by atomic mass is 32.2. The number of hydrogen-bond acceptors (Lipinski definition) is 6. The van der Waals surface area contributed by atoms with Crippen molar-refractivity contribution in [3.63, 3.8) is 0 Å². The van der Waals surface area contributed by atoms with Gasteiger partial charge in [0.1, 0.15) is 11.5 Å². The molecule has 0 spiro atoms. The molecular weight excluding hydrogens is 376 g/mol. The Morgan fingerprint density at radius 2 is 1.79 bits per heavy atom. The molecule has 0 saturated carbocycles. The molecule has 0 unspecified atom stereocenters. The van der Waals surface area contributed by atoms with Crippen molar-refractivity contribution in [1.82, 2.24) is 20.1 Å². The summed E-state index contributed by atoms with van der Waals surface area (Å²) < 4.78 is 12.4. The number of nitrogens with zero attached hydrogens (tertiary/aromatic N) is 3. The van der Waals surface area contributed by atoms with E-state index in [1.54, 1.807) is 32.4 Å². The van der Waals surface area contributed by atoms with Crippen molar-refractivity contribution in [2.24, 2.45) is 0 Å². The largest absolute Gasteiger partial charge is 0.497 e. The molecule has 3 rings (SSSR count). The zero-order chi connectivity index (χ0) is 20.1. The van der Waals surface area contributed by atoms with Gasteiger partial charge in [-0.05, 0) is 36.9 Å². The highest BCUT2D eigenvalue weighted by Crippen LogP contribution is 2.24. The Labute approximate surface area is 168 Å². The average molecular weight is 398 g/mol. The van der Waals surface area contributed by atoms with E-state index in [2.05, 4.69) is 15.5 Å². The quantitative estimate of drug-likeness (QED) is 0.616. The Kier molecular flexibility index (Phi) is 6.20. The standard InChI is InChI=1S/C20H22N4O3S/c1-13-7-5-6-8-17(13)24-18(22-23-20(24)28-4)12-21-19(25)14-9-15(26-2)11-16(10-14)27-3/h5-11H,12H2,1-4H3,(H,21,25). The van der Waals surface area contributed by atoms with Gasteiger partial charge in [0, 0.05) is 11.6 Å². The summed E-state index contributed by atoms with van der Waals surface area (Å²) in [5.41, 5.74) is 2.54. The number of aryl methyl sites for hydroxylation is 1. The third-order valence-corrected chi connectivity index (χ3v) is 4.89. The maximum absolute atomic E-state index is 12.7. The van der Waals surface area contributed by atoms with Gasteiger partial charge >= 0.3 is 0 Å². The van der Waals surface area contributed by atoms with Gasteiger partial charge in [-0.25, -0.2) is 0 Å². The Bertz CT molecular complexity index is 965. The van der Waals surface area contributed by atoms with Gasteiger partial charge in [-0.2, -0.15) is 0 Å². The molecule has 0 saturated heterocycles. The molecule has 0 radical (unpaired) electrons. The Morgan fingerprint density at radius 1 is 1.11 bits per heavy atom. The predicted molar refractivity (Wildman–Crippen MR) is 109 cm³/mol. The summed E-state index contributed by atoms with van der Waals surface area (Å²) >= 11 is 1.50. The first kappa shape index (κ1) is 19.8. The van der Waals surface area contributed by atoms with Crippen molar-refractivity contribution >= 4 is 17.7 Å². The number of benzene rings is 2. The van der Waals surface area contributed by atoms with Gasteiger partial charge in [0.15, 0.2) is 11.0 Å². The normalized spacial score (nSPS) is 10.6. The number of ether oxygens (including phenoxy) is 2. The summed E-state index contributed by atoms with van der Waals surface area (Å²) in [6.07, 6.45) is 1.95. The molecule has 1 aromatic heterocycles. The fourth-order valence-corrected chi connectivity index (χ4v) is 3.31. The van der Waals surface area contributed by atoms with Gasteiger partial charge in [0.2, 0.25) is 0 Å². The zero-order valence-electron chi connectivity index (χ0n) is 16.2. The zero-order valence-corrected chi connectivity index (χ0v) is 17.0. The molecule has 1 amide bonds. The fraction of sp³-hybridized carbons (Fsp3) is 0.250. The second-order valence-electron chi connectivity index (χ2n) is 6.01. The lowest BCUT2D eigenvalue weighted by atomic mass is 10.2. The minimum Gasteiger partial charge on any atom is -0.497 e. The smallest absolute Gasteiger partial charge is 0.251 e. The predicted octanol–water partition coefficient (Wildman–Crippen LogP) is 3.24. The third-order valence-electron chi connectivity index (χ3n) is 4.26. The van der Waals surface area contributed by atoms with Gasteiger partial charge in [-0.15, -0.1) is 10.2 Å². The number of carbonyl (C=O) groups excluding carboxylic acids is 1. The first-order valence-corrected chi connectivity index (χ1v) is 9.85. The number of nitrogens with one attached hydrogen (secondary N) is 1. The molecule has 1 heterocycles. The molecule has 0 bridgehead atoms. The average Bonchev–Trinajstić information content (AvgIpc) is 3.14. The van der Waals surface area contributed by atoms with Crippen molar-refractivity contribution in [1.29, 1.82) is 0 Å². The number of carbonyl (C=O) groups is 1. The van der Waals surface area contributed by atoms with Crippen molar-refractivity contribution in [2.75, 3.05) is 20.5 Å². The van der Waals surface area contributed by atoms with Crippen LogP contribution in [-0.2, 0) is 6.54 Å². The monoisotopic (exact) mass is 398 g/mol. The molecule has 146 valence electrons. The van der Waals surface area contributed by atoms with Crippen molar-refractivity contribution < 1.29 is 14.3 Å². The minimum absolute atomic E-state index is 0.236.